The van der Waals surface area contributed by atoms with E-state index in [0.717, 1.165) is 60.3 Å². The molecule has 0 radical (unpaired) electrons. The topological polar surface area (TPSA) is 28.5 Å². The SMILES string of the molecule is C=C/C=C/C/C(C)=C/C=C(\C)CN(C)c1nc(N=CC2=CC=CC2)cc(C(=C)CCC)c1C(=C)C. The van der Waals surface area contributed by atoms with Crippen molar-refractivity contribution in [3.8, 4) is 0 Å². The van der Waals surface area contributed by atoms with Crippen molar-refractivity contribution in [2.75, 3.05) is 18.5 Å². The van der Waals surface area contributed by atoms with Crippen molar-refractivity contribution in [1.82, 2.24) is 4.98 Å². The summed E-state index contributed by atoms with van der Waals surface area (Å²) in [5, 5.41) is 0. The molecule has 1 aromatic heterocycles. The molecule has 3 heteroatoms. The second-order valence-corrected chi connectivity index (χ2v) is 9.24. The lowest BCUT2D eigenvalue weighted by atomic mass is 9.94. The zero-order valence-electron chi connectivity index (χ0n) is 22.3. The third-order valence-electron chi connectivity index (χ3n) is 5.72. The van der Waals surface area contributed by atoms with Crippen molar-refractivity contribution in [2.45, 2.75) is 53.4 Å². The standard InChI is InChI=1S/C32H41N3/c1-9-11-12-16-25(5)19-20-26(6)23-35(8)32-31(24(3)4)29(27(7)15-10-2)21-30(34-32)33-22-28-17-13-14-18-28/h9,11-14,17,19-22H,1,3,7,10,15-16,18,23H2,2,4-6,8H3/b12-11+,25-19+,26-20+,33-22?. The molecule has 3 nitrogen and oxygen atoms in total. The first-order chi connectivity index (χ1) is 16.8. The van der Waals surface area contributed by atoms with Crippen LogP contribution in [0.1, 0.15) is 64.5 Å². The number of aliphatic imine (C=N–C) groups is 1. The lowest BCUT2D eigenvalue weighted by Crippen LogP contribution is -2.22. The second kappa shape index (κ2) is 14.1. The van der Waals surface area contributed by atoms with Gasteiger partial charge in [0.25, 0.3) is 0 Å². The van der Waals surface area contributed by atoms with Gasteiger partial charge in [-0.1, -0.05) is 92.8 Å². The van der Waals surface area contributed by atoms with Crippen molar-refractivity contribution in [1.29, 1.82) is 0 Å². The molecule has 0 bridgehead atoms. The predicted molar refractivity (Wildman–Crippen MR) is 158 cm³/mol. The average molecular weight is 468 g/mol. The Bertz CT molecular complexity index is 1120. The maximum Gasteiger partial charge on any atom is 0.154 e. The molecule has 35 heavy (non-hydrogen) atoms. The molecule has 1 aliphatic carbocycles. The first kappa shape index (κ1) is 27.8. The zero-order chi connectivity index (χ0) is 25.8. The summed E-state index contributed by atoms with van der Waals surface area (Å²) < 4.78 is 0. The van der Waals surface area contributed by atoms with Gasteiger partial charge >= 0.3 is 0 Å². The number of hydrogen-bond acceptors (Lipinski definition) is 3. The molecule has 0 aliphatic heterocycles. The van der Waals surface area contributed by atoms with Crippen molar-refractivity contribution in [2.24, 2.45) is 4.99 Å². The first-order valence-corrected chi connectivity index (χ1v) is 12.4. The number of pyridine rings is 1. The third kappa shape index (κ3) is 8.68. The summed E-state index contributed by atoms with van der Waals surface area (Å²) in [6, 6.07) is 2.06. The monoisotopic (exact) mass is 467 g/mol. The predicted octanol–water partition coefficient (Wildman–Crippen LogP) is 8.98. The van der Waals surface area contributed by atoms with Gasteiger partial charge in [-0.15, -0.1) is 0 Å². The van der Waals surface area contributed by atoms with Gasteiger partial charge in [-0.25, -0.2) is 9.98 Å². The van der Waals surface area contributed by atoms with Gasteiger partial charge < -0.3 is 4.90 Å². The van der Waals surface area contributed by atoms with Gasteiger partial charge in [-0.05, 0) is 68.4 Å². The van der Waals surface area contributed by atoms with E-state index in [1.54, 1.807) is 6.08 Å². The molecule has 0 N–H and O–H groups in total. The second-order valence-electron chi connectivity index (χ2n) is 9.24. The van der Waals surface area contributed by atoms with E-state index in [2.05, 4.69) is 95.0 Å². The molecular formula is C32H41N3. The third-order valence-corrected chi connectivity index (χ3v) is 5.72. The molecule has 2 rings (SSSR count). The van der Waals surface area contributed by atoms with E-state index < -0.39 is 0 Å². The van der Waals surface area contributed by atoms with E-state index in [0.29, 0.717) is 5.82 Å². The molecule has 0 unspecified atom stereocenters. The lowest BCUT2D eigenvalue weighted by molar-refractivity contribution is 0.941. The van der Waals surface area contributed by atoms with Crippen molar-refractivity contribution in [3.05, 3.63) is 102 Å². The van der Waals surface area contributed by atoms with Crippen LogP contribution in [-0.2, 0) is 0 Å². The fraction of sp³-hybridized carbons (Fsp3) is 0.312. The van der Waals surface area contributed by atoms with E-state index in [9.17, 15) is 0 Å². The van der Waals surface area contributed by atoms with Crippen LogP contribution in [0.15, 0.2) is 96.1 Å². The summed E-state index contributed by atoms with van der Waals surface area (Å²) in [5.74, 6) is 1.59. The Kier molecular flexibility index (Phi) is 11.2. The van der Waals surface area contributed by atoms with Crippen LogP contribution in [0, 0.1) is 0 Å². The Balaban J connectivity index is 2.42. The fourth-order valence-corrected chi connectivity index (χ4v) is 3.91. The quantitative estimate of drug-likeness (QED) is 0.214. The lowest BCUT2D eigenvalue weighted by Gasteiger charge is -2.25. The molecule has 0 spiro atoms. The molecular weight excluding hydrogens is 426 g/mol. The summed E-state index contributed by atoms with van der Waals surface area (Å²) in [4.78, 5) is 11.9. The largest absolute Gasteiger partial charge is 0.355 e. The van der Waals surface area contributed by atoms with Gasteiger partial charge in [0.15, 0.2) is 5.82 Å². The zero-order valence-corrected chi connectivity index (χ0v) is 22.3. The smallest absolute Gasteiger partial charge is 0.154 e. The summed E-state index contributed by atoms with van der Waals surface area (Å²) >= 11 is 0. The fourth-order valence-electron chi connectivity index (χ4n) is 3.91. The number of rotatable bonds is 13. The van der Waals surface area contributed by atoms with Crippen molar-refractivity contribution in [3.63, 3.8) is 0 Å². The number of allylic oxidation sites excluding steroid dienone is 12. The number of anilines is 1. The number of aromatic nitrogens is 1. The molecule has 0 saturated carbocycles. The van der Waals surface area contributed by atoms with Crippen LogP contribution in [0.25, 0.3) is 11.1 Å². The highest BCUT2D eigenvalue weighted by molar-refractivity contribution is 5.87. The summed E-state index contributed by atoms with van der Waals surface area (Å²) in [6.45, 7) is 21.7. The van der Waals surface area contributed by atoms with E-state index in [4.69, 9.17) is 9.98 Å². The number of hydrogen-bond donors (Lipinski definition) is 0. The van der Waals surface area contributed by atoms with Crippen LogP contribution in [0.3, 0.4) is 0 Å². The highest BCUT2D eigenvalue weighted by Crippen LogP contribution is 2.36. The minimum atomic E-state index is 0.697. The van der Waals surface area contributed by atoms with Crippen LogP contribution >= 0.6 is 0 Å². The van der Waals surface area contributed by atoms with Gasteiger partial charge in [0, 0.05) is 25.4 Å². The van der Waals surface area contributed by atoms with E-state index >= 15 is 0 Å². The van der Waals surface area contributed by atoms with Crippen LogP contribution in [0.5, 0.6) is 0 Å². The highest BCUT2D eigenvalue weighted by atomic mass is 15.2. The van der Waals surface area contributed by atoms with Gasteiger partial charge in [-0.3, -0.25) is 0 Å². The molecule has 0 fully saturated rings. The Morgan fingerprint density at radius 3 is 2.54 bits per heavy atom. The molecule has 1 aromatic rings. The van der Waals surface area contributed by atoms with E-state index in [1.807, 2.05) is 19.2 Å². The Hall–Kier alpha value is -3.46. The summed E-state index contributed by atoms with van der Waals surface area (Å²) in [7, 11) is 2.08. The number of likely N-dealkylation sites (N-methyl/N-ethyl adjacent to an activating group) is 1. The molecule has 1 aliphatic rings. The van der Waals surface area contributed by atoms with Crippen molar-refractivity contribution >= 4 is 29.0 Å². The minimum Gasteiger partial charge on any atom is -0.355 e. The summed E-state index contributed by atoms with van der Waals surface area (Å²) in [5.41, 5.74) is 7.96. The molecule has 0 atom stereocenters. The van der Waals surface area contributed by atoms with E-state index in [-0.39, 0.29) is 0 Å². The maximum atomic E-state index is 4.97. The Morgan fingerprint density at radius 1 is 1.17 bits per heavy atom. The molecule has 0 amide bonds. The van der Waals surface area contributed by atoms with Crippen LogP contribution in [0.4, 0.5) is 11.6 Å². The Morgan fingerprint density at radius 2 is 1.91 bits per heavy atom. The van der Waals surface area contributed by atoms with Crippen LogP contribution in [0.2, 0.25) is 0 Å². The maximum absolute atomic E-state index is 4.97. The molecule has 0 aromatic carbocycles. The van der Waals surface area contributed by atoms with Gasteiger partial charge in [-0.2, -0.15) is 0 Å². The van der Waals surface area contributed by atoms with Gasteiger partial charge in [0.1, 0.15) is 5.82 Å². The minimum absolute atomic E-state index is 0.697. The van der Waals surface area contributed by atoms with Crippen molar-refractivity contribution < 1.29 is 0 Å². The molecule has 1 heterocycles. The molecule has 0 saturated heterocycles. The normalized spacial score (nSPS) is 14.1. The summed E-state index contributed by atoms with van der Waals surface area (Å²) in [6.07, 6.45) is 22.3. The highest BCUT2D eigenvalue weighted by Gasteiger charge is 2.18. The van der Waals surface area contributed by atoms with Crippen LogP contribution in [-0.4, -0.2) is 24.8 Å². The number of nitrogens with zero attached hydrogens (tertiary/aromatic N) is 3. The molecule has 184 valence electrons. The average Bonchev–Trinajstić information content (AvgIpc) is 3.34. The van der Waals surface area contributed by atoms with Gasteiger partial charge in [0.2, 0.25) is 0 Å². The van der Waals surface area contributed by atoms with Gasteiger partial charge in [0.05, 0.1) is 0 Å². The Labute approximate surface area is 213 Å². The van der Waals surface area contributed by atoms with E-state index in [1.165, 1.54) is 16.7 Å². The van der Waals surface area contributed by atoms with Crippen LogP contribution < -0.4 is 4.90 Å². The first-order valence-electron chi connectivity index (χ1n) is 12.4.